The van der Waals surface area contributed by atoms with Gasteiger partial charge in [0.25, 0.3) is 0 Å². The molecule has 3 heteroatoms. The summed E-state index contributed by atoms with van der Waals surface area (Å²) in [7, 11) is 1.67. The van der Waals surface area contributed by atoms with E-state index < -0.39 is 0 Å². The molecule has 1 aromatic rings. The lowest BCUT2D eigenvalue weighted by Crippen LogP contribution is -1.92. The van der Waals surface area contributed by atoms with Crippen molar-refractivity contribution in [1.29, 1.82) is 5.26 Å². The second-order valence-electron chi connectivity index (χ2n) is 3.54. The molecule has 0 N–H and O–H groups in total. The predicted molar refractivity (Wildman–Crippen MR) is 68.8 cm³/mol. The molecule has 0 aliphatic heterocycles. The Morgan fingerprint density at radius 2 is 2.25 bits per heavy atom. The smallest absolute Gasteiger partial charge is 0.122 e. The highest BCUT2D eigenvalue weighted by molar-refractivity contribution is 7.98. The van der Waals surface area contributed by atoms with Gasteiger partial charge in [0.15, 0.2) is 0 Å². The fourth-order valence-electron chi connectivity index (χ4n) is 1.39. The molecule has 0 fully saturated rings. The minimum atomic E-state index is 0.701. The molecule has 0 saturated carbocycles. The number of unbranched alkanes of at least 4 members (excludes halogenated alkanes) is 1. The Morgan fingerprint density at radius 3 is 2.88 bits per heavy atom. The summed E-state index contributed by atoms with van der Waals surface area (Å²) in [6, 6.07) is 7.73. The van der Waals surface area contributed by atoms with Crippen LogP contribution in [0.3, 0.4) is 0 Å². The van der Waals surface area contributed by atoms with E-state index in [4.69, 9.17) is 10.00 Å². The zero-order valence-corrected chi connectivity index (χ0v) is 10.6. The van der Waals surface area contributed by atoms with Crippen LogP contribution in [0.15, 0.2) is 18.2 Å². The van der Waals surface area contributed by atoms with Crippen LogP contribution in [0.5, 0.6) is 5.75 Å². The van der Waals surface area contributed by atoms with Crippen LogP contribution in [0, 0.1) is 11.3 Å². The molecule has 0 amide bonds. The van der Waals surface area contributed by atoms with Gasteiger partial charge in [-0.05, 0) is 30.4 Å². The van der Waals surface area contributed by atoms with E-state index in [2.05, 4.69) is 13.0 Å². The molecule has 0 spiro atoms. The van der Waals surface area contributed by atoms with Gasteiger partial charge in [-0.3, -0.25) is 0 Å². The molecular formula is C13H17NOS. The first-order valence-electron chi connectivity index (χ1n) is 5.46. The summed E-state index contributed by atoms with van der Waals surface area (Å²) in [5.74, 6) is 2.96. The lowest BCUT2D eigenvalue weighted by atomic mass is 10.1. The largest absolute Gasteiger partial charge is 0.496 e. The molecule has 0 unspecified atom stereocenters. The number of nitriles is 1. The summed E-state index contributed by atoms with van der Waals surface area (Å²) in [6.07, 6.45) is 2.47. The van der Waals surface area contributed by atoms with Crippen molar-refractivity contribution >= 4 is 11.8 Å². The van der Waals surface area contributed by atoms with Crippen LogP contribution < -0.4 is 4.74 Å². The Balaban J connectivity index is 2.65. The fraction of sp³-hybridized carbons (Fsp3) is 0.462. The third kappa shape index (κ3) is 3.79. The number of nitrogens with zero attached hydrogens (tertiary/aromatic N) is 1. The number of benzene rings is 1. The maximum Gasteiger partial charge on any atom is 0.122 e. The van der Waals surface area contributed by atoms with E-state index in [1.54, 1.807) is 13.2 Å². The minimum absolute atomic E-state index is 0.701. The predicted octanol–water partition coefficient (Wildman–Crippen LogP) is 3.60. The number of hydrogen-bond donors (Lipinski definition) is 0. The Labute approximate surface area is 102 Å². The van der Waals surface area contributed by atoms with Gasteiger partial charge in [-0.1, -0.05) is 13.3 Å². The van der Waals surface area contributed by atoms with E-state index in [0.29, 0.717) is 5.56 Å². The van der Waals surface area contributed by atoms with Gasteiger partial charge in [-0.25, -0.2) is 0 Å². The van der Waals surface area contributed by atoms with E-state index in [1.807, 2.05) is 23.9 Å². The molecule has 1 rings (SSSR count). The van der Waals surface area contributed by atoms with Gasteiger partial charge in [0, 0.05) is 11.3 Å². The van der Waals surface area contributed by atoms with Crippen molar-refractivity contribution in [3.8, 4) is 11.8 Å². The highest BCUT2D eigenvalue weighted by Crippen LogP contribution is 2.24. The number of methoxy groups -OCH3 is 1. The van der Waals surface area contributed by atoms with E-state index >= 15 is 0 Å². The van der Waals surface area contributed by atoms with Crippen molar-refractivity contribution < 1.29 is 4.74 Å². The molecule has 0 saturated heterocycles. The van der Waals surface area contributed by atoms with E-state index in [1.165, 1.54) is 12.8 Å². The number of thioether (sulfide) groups is 1. The quantitative estimate of drug-likeness (QED) is 0.706. The zero-order valence-electron chi connectivity index (χ0n) is 9.82. The summed E-state index contributed by atoms with van der Waals surface area (Å²) in [5.41, 5.74) is 1.81. The maximum atomic E-state index is 8.84. The van der Waals surface area contributed by atoms with Crippen LogP contribution in [0.1, 0.15) is 30.9 Å². The molecule has 0 heterocycles. The average Bonchev–Trinajstić information content (AvgIpc) is 2.34. The van der Waals surface area contributed by atoms with Gasteiger partial charge in [-0.2, -0.15) is 17.0 Å². The second-order valence-corrected chi connectivity index (χ2v) is 4.65. The van der Waals surface area contributed by atoms with Crippen molar-refractivity contribution in [2.24, 2.45) is 0 Å². The average molecular weight is 235 g/mol. The lowest BCUT2D eigenvalue weighted by Gasteiger charge is -2.08. The molecular weight excluding hydrogens is 218 g/mol. The van der Waals surface area contributed by atoms with Crippen molar-refractivity contribution in [3.05, 3.63) is 29.3 Å². The maximum absolute atomic E-state index is 8.84. The highest BCUT2D eigenvalue weighted by atomic mass is 32.2. The fourth-order valence-corrected chi connectivity index (χ4v) is 2.47. The standard InChI is InChI=1S/C13H17NOS/c1-3-4-7-16-10-12-8-11(9-14)5-6-13(12)15-2/h5-6,8H,3-4,7,10H2,1-2H3. The van der Waals surface area contributed by atoms with Gasteiger partial charge >= 0.3 is 0 Å². The molecule has 16 heavy (non-hydrogen) atoms. The first-order valence-corrected chi connectivity index (χ1v) is 6.62. The Morgan fingerprint density at radius 1 is 1.44 bits per heavy atom. The molecule has 0 radical (unpaired) electrons. The Kier molecular flexibility index (Phi) is 5.81. The molecule has 0 atom stereocenters. The number of rotatable bonds is 6. The van der Waals surface area contributed by atoms with Gasteiger partial charge in [0.2, 0.25) is 0 Å². The lowest BCUT2D eigenvalue weighted by molar-refractivity contribution is 0.411. The molecule has 86 valence electrons. The summed E-state index contributed by atoms with van der Waals surface area (Å²) in [6.45, 7) is 2.19. The molecule has 0 aliphatic rings. The van der Waals surface area contributed by atoms with Crippen LogP contribution >= 0.6 is 11.8 Å². The van der Waals surface area contributed by atoms with E-state index in [-0.39, 0.29) is 0 Å². The van der Waals surface area contributed by atoms with Crippen molar-refractivity contribution in [1.82, 2.24) is 0 Å². The summed E-state index contributed by atoms with van der Waals surface area (Å²) >= 11 is 1.89. The van der Waals surface area contributed by atoms with Crippen LogP contribution in [0.4, 0.5) is 0 Å². The van der Waals surface area contributed by atoms with Gasteiger partial charge in [-0.15, -0.1) is 0 Å². The molecule has 2 nitrogen and oxygen atoms in total. The SMILES string of the molecule is CCCCSCc1cc(C#N)ccc1OC. The first kappa shape index (κ1) is 12.9. The monoisotopic (exact) mass is 235 g/mol. The van der Waals surface area contributed by atoms with E-state index in [0.717, 1.165) is 22.8 Å². The summed E-state index contributed by atoms with van der Waals surface area (Å²) < 4.78 is 5.28. The van der Waals surface area contributed by atoms with Crippen LogP contribution in [-0.4, -0.2) is 12.9 Å². The van der Waals surface area contributed by atoms with Crippen LogP contribution in [-0.2, 0) is 5.75 Å². The van der Waals surface area contributed by atoms with Crippen LogP contribution in [0.25, 0.3) is 0 Å². The van der Waals surface area contributed by atoms with Crippen molar-refractivity contribution in [2.75, 3.05) is 12.9 Å². The minimum Gasteiger partial charge on any atom is -0.496 e. The Bertz CT molecular complexity index is 371. The van der Waals surface area contributed by atoms with Gasteiger partial charge in [0.1, 0.15) is 5.75 Å². The Hall–Kier alpha value is -1.14. The molecule has 0 bridgehead atoms. The number of ether oxygens (including phenoxy) is 1. The number of hydrogen-bond acceptors (Lipinski definition) is 3. The van der Waals surface area contributed by atoms with E-state index in [9.17, 15) is 0 Å². The first-order chi connectivity index (χ1) is 7.81. The van der Waals surface area contributed by atoms with Crippen molar-refractivity contribution in [3.63, 3.8) is 0 Å². The highest BCUT2D eigenvalue weighted by Gasteiger charge is 2.04. The molecule has 1 aromatic carbocycles. The second kappa shape index (κ2) is 7.19. The normalized spacial score (nSPS) is 9.81. The summed E-state index contributed by atoms with van der Waals surface area (Å²) in [5, 5.41) is 8.84. The summed E-state index contributed by atoms with van der Waals surface area (Å²) in [4.78, 5) is 0. The molecule has 0 aliphatic carbocycles. The van der Waals surface area contributed by atoms with Crippen molar-refractivity contribution in [2.45, 2.75) is 25.5 Å². The van der Waals surface area contributed by atoms with Gasteiger partial charge < -0.3 is 4.74 Å². The third-order valence-electron chi connectivity index (χ3n) is 2.31. The van der Waals surface area contributed by atoms with Crippen LogP contribution in [0.2, 0.25) is 0 Å². The van der Waals surface area contributed by atoms with Gasteiger partial charge in [0.05, 0.1) is 18.7 Å². The third-order valence-corrected chi connectivity index (χ3v) is 3.40. The topological polar surface area (TPSA) is 33.0 Å². The molecule has 0 aromatic heterocycles. The zero-order chi connectivity index (χ0) is 11.8.